The quantitative estimate of drug-likeness (QED) is 0.574. The van der Waals surface area contributed by atoms with Gasteiger partial charge in [-0.1, -0.05) is 12.7 Å². The van der Waals surface area contributed by atoms with Gasteiger partial charge in [0.1, 0.15) is 18.2 Å². The molecule has 19 heavy (non-hydrogen) atoms. The number of hydrogen-bond donors (Lipinski definition) is 1. The van der Waals surface area contributed by atoms with Crippen LogP contribution in [0.1, 0.15) is 20.8 Å². The first kappa shape index (κ1) is 17.8. The monoisotopic (exact) mass is 288 g/mol. The number of carbonyl (C=O) groups excluding carboxylic acids is 2. The zero-order valence-corrected chi connectivity index (χ0v) is 12.5. The summed E-state index contributed by atoms with van der Waals surface area (Å²) in [7, 11) is 0. The molecular formula is C13H22NO4S. The lowest BCUT2D eigenvalue weighted by molar-refractivity contribution is -0.144. The van der Waals surface area contributed by atoms with E-state index in [-0.39, 0.29) is 6.61 Å². The van der Waals surface area contributed by atoms with Crippen molar-refractivity contribution >= 4 is 23.8 Å². The van der Waals surface area contributed by atoms with Gasteiger partial charge >= 0.3 is 12.1 Å². The van der Waals surface area contributed by atoms with E-state index in [0.717, 1.165) is 0 Å². The zero-order valence-electron chi connectivity index (χ0n) is 11.7. The fraction of sp³-hybridized carbons (Fsp3) is 0.615. The smallest absolute Gasteiger partial charge is 0.408 e. The summed E-state index contributed by atoms with van der Waals surface area (Å²) in [5, 5.41) is 2.50. The molecule has 1 radical (unpaired) electrons. The lowest BCUT2D eigenvalue weighted by atomic mass is 10.2. The van der Waals surface area contributed by atoms with Crippen LogP contribution in [0.4, 0.5) is 4.79 Å². The zero-order chi connectivity index (χ0) is 14.9. The second kappa shape index (κ2) is 8.85. The molecule has 5 nitrogen and oxygen atoms in total. The van der Waals surface area contributed by atoms with E-state index in [4.69, 9.17) is 9.47 Å². The number of carbonyl (C=O) groups is 2. The van der Waals surface area contributed by atoms with E-state index < -0.39 is 23.7 Å². The van der Waals surface area contributed by atoms with Crippen LogP contribution in [0.15, 0.2) is 12.7 Å². The summed E-state index contributed by atoms with van der Waals surface area (Å²) in [5.74, 6) is 0.478. The Bertz CT molecular complexity index is 312. The number of esters is 1. The third-order valence-corrected chi connectivity index (χ3v) is 2.61. The largest absolute Gasteiger partial charge is 0.460 e. The van der Waals surface area contributed by atoms with E-state index in [1.54, 1.807) is 20.8 Å². The molecule has 0 heterocycles. The van der Waals surface area contributed by atoms with Crippen molar-refractivity contribution in [2.24, 2.45) is 0 Å². The van der Waals surface area contributed by atoms with Crippen molar-refractivity contribution in [3.05, 3.63) is 19.6 Å². The molecule has 0 aromatic carbocycles. The summed E-state index contributed by atoms with van der Waals surface area (Å²) in [6.45, 7) is 12.5. The van der Waals surface area contributed by atoms with Crippen LogP contribution in [-0.2, 0) is 14.3 Å². The van der Waals surface area contributed by atoms with Crippen molar-refractivity contribution in [3.63, 3.8) is 0 Å². The molecule has 0 unspecified atom stereocenters. The molecule has 0 aliphatic carbocycles. The van der Waals surface area contributed by atoms with Crippen molar-refractivity contribution in [2.45, 2.75) is 32.4 Å². The SMILES string of the molecule is [CH2]CSC[C@H](NC(=O)OC(C)(C)C)C(=O)OCC=C. The average Bonchev–Trinajstić information content (AvgIpc) is 2.29. The van der Waals surface area contributed by atoms with Crippen molar-refractivity contribution < 1.29 is 19.1 Å². The van der Waals surface area contributed by atoms with Gasteiger partial charge in [0.15, 0.2) is 0 Å². The van der Waals surface area contributed by atoms with Gasteiger partial charge in [-0.2, -0.15) is 11.8 Å². The molecule has 1 atom stereocenters. The first-order valence-electron chi connectivity index (χ1n) is 5.94. The van der Waals surface area contributed by atoms with Gasteiger partial charge in [-0.3, -0.25) is 0 Å². The number of amides is 1. The van der Waals surface area contributed by atoms with Crippen LogP contribution in [0.25, 0.3) is 0 Å². The van der Waals surface area contributed by atoms with Crippen LogP contribution in [0.5, 0.6) is 0 Å². The summed E-state index contributed by atoms with van der Waals surface area (Å²) in [6.07, 6.45) is 0.828. The molecule has 0 aliphatic heterocycles. The van der Waals surface area contributed by atoms with Crippen LogP contribution in [-0.4, -0.2) is 41.8 Å². The summed E-state index contributed by atoms with van der Waals surface area (Å²) in [5.41, 5.74) is -0.612. The Morgan fingerprint density at radius 3 is 2.53 bits per heavy atom. The van der Waals surface area contributed by atoms with Crippen molar-refractivity contribution in [2.75, 3.05) is 18.1 Å². The Kier molecular flexibility index (Phi) is 8.30. The highest BCUT2D eigenvalue weighted by atomic mass is 32.2. The first-order chi connectivity index (χ1) is 8.80. The summed E-state index contributed by atoms with van der Waals surface area (Å²) >= 11 is 1.43. The third kappa shape index (κ3) is 9.41. The van der Waals surface area contributed by atoms with Gasteiger partial charge in [-0.15, -0.1) is 0 Å². The third-order valence-electron chi connectivity index (χ3n) is 1.75. The maximum atomic E-state index is 11.7. The predicted molar refractivity (Wildman–Crippen MR) is 77.0 cm³/mol. The molecule has 1 N–H and O–H groups in total. The molecule has 6 heteroatoms. The first-order valence-corrected chi connectivity index (χ1v) is 7.09. The molecule has 0 saturated carbocycles. The van der Waals surface area contributed by atoms with Gasteiger partial charge < -0.3 is 14.8 Å². The number of thioether (sulfide) groups is 1. The Morgan fingerprint density at radius 1 is 1.42 bits per heavy atom. The molecule has 0 bridgehead atoms. The van der Waals surface area contributed by atoms with Gasteiger partial charge in [-0.25, -0.2) is 9.59 Å². The van der Waals surface area contributed by atoms with E-state index in [0.29, 0.717) is 11.5 Å². The highest BCUT2D eigenvalue weighted by molar-refractivity contribution is 7.99. The molecule has 0 spiro atoms. The molecule has 0 aliphatic rings. The van der Waals surface area contributed by atoms with Crippen molar-refractivity contribution in [1.82, 2.24) is 5.32 Å². The van der Waals surface area contributed by atoms with Crippen LogP contribution in [0, 0.1) is 6.92 Å². The summed E-state index contributed by atoms with van der Waals surface area (Å²) in [4.78, 5) is 23.4. The molecule has 0 fully saturated rings. The Morgan fingerprint density at radius 2 is 2.05 bits per heavy atom. The molecular weight excluding hydrogens is 266 g/mol. The Balaban J connectivity index is 4.44. The molecule has 0 aromatic heterocycles. The summed E-state index contributed by atoms with van der Waals surface area (Å²) in [6, 6.07) is -0.749. The normalized spacial score (nSPS) is 12.4. The molecule has 0 aromatic rings. The van der Waals surface area contributed by atoms with E-state index in [1.165, 1.54) is 17.8 Å². The topological polar surface area (TPSA) is 64.6 Å². The highest BCUT2D eigenvalue weighted by Gasteiger charge is 2.25. The van der Waals surface area contributed by atoms with Gasteiger partial charge in [0.2, 0.25) is 0 Å². The van der Waals surface area contributed by atoms with E-state index in [9.17, 15) is 9.59 Å². The molecule has 109 valence electrons. The van der Waals surface area contributed by atoms with E-state index >= 15 is 0 Å². The maximum Gasteiger partial charge on any atom is 0.408 e. The highest BCUT2D eigenvalue weighted by Crippen LogP contribution is 2.09. The van der Waals surface area contributed by atoms with Gasteiger partial charge in [-0.05, 0) is 33.4 Å². The molecule has 1 amide bonds. The Labute approximate surface area is 119 Å². The van der Waals surface area contributed by atoms with Gasteiger partial charge in [0.05, 0.1) is 0 Å². The molecule has 0 rings (SSSR count). The van der Waals surface area contributed by atoms with Crippen LogP contribution >= 0.6 is 11.8 Å². The minimum atomic E-state index is -0.749. The van der Waals surface area contributed by atoms with Crippen molar-refractivity contribution in [3.8, 4) is 0 Å². The number of ether oxygens (including phenoxy) is 2. The predicted octanol–water partition coefficient (Wildman–Crippen LogP) is 2.18. The molecule has 0 saturated heterocycles. The average molecular weight is 288 g/mol. The number of hydrogen-bond acceptors (Lipinski definition) is 5. The van der Waals surface area contributed by atoms with E-state index in [2.05, 4.69) is 18.8 Å². The van der Waals surface area contributed by atoms with Gasteiger partial charge in [0.25, 0.3) is 0 Å². The second-order valence-corrected chi connectivity index (χ2v) is 5.84. The number of nitrogens with one attached hydrogen (secondary N) is 1. The minimum absolute atomic E-state index is 0.111. The standard InChI is InChI=1S/C13H22NO4S/c1-6-8-17-11(15)10(9-19-7-2)14-12(16)18-13(3,4)5/h6,10H,1-2,7-9H2,3-5H3,(H,14,16)/t10-/m0/s1. The fourth-order valence-corrected chi connectivity index (χ4v) is 1.68. The van der Waals surface area contributed by atoms with Crippen LogP contribution < -0.4 is 5.32 Å². The van der Waals surface area contributed by atoms with Gasteiger partial charge in [0, 0.05) is 5.75 Å². The lowest BCUT2D eigenvalue weighted by Gasteiger charge is -2.22. The van der Waals surface area contributed by atoms with Crippen LogP contribution in [0.2, 0.25) is 0 Å². The lowest BCUT2D eigenvalue weighted by Crippen LogP contribution is -2.45. The summed E-state index contributed by atoms with van der Waals surface area (Å²) < 4.78 is 10.0. The number of rotatable bonds is 7. The fourth-order valence-electron chi connectivity index (χ4n) is 1.06. The maximum absolute atomic E-state index is 11.7. The van der Waals surface area contributed by atoms with Crippen molar-refractivity contribution in [1.29, 1.82) is 0 Å². The second-order valence-electron chi connectivity index (χ2n) is 4.69. The number of alkyl carbamates (subject to hydrolysis) is 1. The minimum Gasteiger partial charge on any atom is -0.460 e. The van der Waals surface area contributed by atoms with E-state index in [1.807, 2.05) is 0 Å². The van der Waals surface area contributed by atoms with Crippen LogP contribution in [0.3, 0.4) is 0 Å². The Hall–Kier alpha value is -1.17.